The van der Waals surface area contributed by atoms with Gasteiger partial charge >= 0.3 is 0 Å². The minimum Gasteiger partial charge on any atom is -0.306 e. The Labute approximate surface area is 117 Å². The smallest absolute Gasteiger partial charge is 0.0315 e. The molecule has 0 aliphatic carbocycles. The number of benzene rings is 1. The van der Waals surface area contributed by atoms with E-state index in [9.17, 15) is 0 Å². The number of halogens is 1. The quantitative estimate of drug-likeness (QED) is 0.923. The molecule has 2 rings (SSSR count). The van der Waals surface area contributed by atoms with Crippen LogP contribution in [0.1, 0.15) is 29.7 Å². The summed E-state index contributed by atoms with van der Waals surface area (Å²) < 4.78 is 1.16. The van der Waals surface area contributed by atoms with Gasteiger partial charge in [-0.05, 0) is 42.7 Å². The highest BCUT2D eigenvalue weighted by Crippen LogP contribution is 2.18. The molecule has 0 spiro atoms. The topological polar surface area (TPSA) is 24.9 Å². The summed E-state index contributed by atoms with van der Waals surface area (Å²) in [5.74, 6) is 0. The van der Waals surface area contributed by atoms with Crippen LogP contribution in [0, 0.1) is 6.92 Å². The van der Waals surface area contributed by atoms with Crippen molar-refractivity contribution in [1.82, 2.24) is 10.3 Å². The van der Waals surface area contributed by atoms with Crippen LogP contribution in [0.2, 0.25) is 0 Å². The fraction of sp³-hybridized carbons (Fsp3) is 0.267. The first-order valence-corrected chi connectivity index (χ1v) is 6.84. The van der Waals surface area contributed by atoms with Crippen molar-refractivity contribution < 1.29 is 0 Å². The number of hydrogen-bond acceptors (Lipinski definition) is 2. The molecule has 3 heteroatoms. The second kappa shape index (κ2) is 6.12. The van der Waals surface area contributed by atoms with Crippen LogP contribution in [0.3, 0.4) is 0 Å². The molecule has 2 aromatic rings. The molecular formula is C15H17BrN2. The van der Waals surface area contributed by atoms with Crippen LogP contribution in [0.15, 0.2) is 47.2 Å². The number of hydrogen-bond donors (Lipinski definition) is 1. The zero-order valence-electron chi connectivity index (χ0n) is 10.7. The predicted molar refractivity (Wildman–Crippen MR) is 78.4 cm³/mol. The molecule has 0 aliphatic heterocycles. The van der Waals surface area contributed by atoms with E-state index in [-0.39, 0.29) is 0 Å². The van der Waals surface area contributed by atoms with Gasteiger partial charge in [0.05, 0.1) is 0 Å². The Morgan fingerprint density at radius 3 is 2.83 bits per heavy atom. The van der Waals surface area contributed by atoms with Crippen molar-refractivity contribution in [3.8, 4) is 0 Å². The second-order valence-electron chi connectivity index (χ2n) is 4.47. The molecule has 1 unspecified atom stereocenters. The first-order valence-electron chi connectivity index (χ1n) is 6.05. The number of nitrogens with zero attached hydrogens (tertiary/aromatic N) is 1. The highest BCUT2D eigenvalue weighted by atomic mass is 79.9. The molecule has 0 radical (unpaired) electrons. The average Bonchev–Trinajstić information content (AvgIpc) is 2.41. The van der Waals surface area contributed by atoms with E-state index in [2.05, 4.69) is 64.3 Å². The highest BCUT2D eigenvalue weighted by molar-refractivity contribution is 9.10. The third kappa shape index (κ3) is 3.40. The van der Waals surface area contributed by atoms with Gasteiger partial charge < -0.3 is 5.32 Å². The van der Waals surface area contributed by atoms with Crippen LogP contribution in [0.5, 0.6) is 0 Å². The summed E-state index contributed by atoms with van der Waals surface area (Å²) in [7, 11) is 0. The van der Waals surface area contributed by atoms with Crippen molar-refractivity contribution in [2.45, 2.75) is 26.4 Å². The van der Waals surface area contributed by atoms with E-state index in [4.69, 9.17) is 0 Å². The van der Waals surface area contributed by atoms with Gasteiger partial charge in [0, 0.05) is 29.5 Å². The zero-order valence-corrected chi connectivity index (χ0v) is 12.2. The first-order chi connectivity index (χ1) is 8.66. The molecular weight excluding hydrogens is 288 g/mol. The van der Waals surface area contributed by atoms with Crippen LogP contribution in [0.4, 0.5) is 0 Å². The van der Waals surface area contributed by atoms with E-state index in [1.807, 2.05) is 12.3 Å². The van der Waals surface area contributed by atoms with E-state index >= 15 is 0 Å². The van der Waals surface area contributed by atoms with Crippen molar-refractivity contribution >= 4 is 15.9 Å². The second-order valence-corrected chi connectivity index (χ2v) is 5.33. The first kappa shape index (κ1) is 13.2. The molecule has 0 bridgehead atoms. The van der Waals surface area contributed by atoms with Gasteiger partial charge in [-0.2, -0.15) is 0 Å². The van der Waals surface area contributed by atoms with Crippen LogP contribution < -0.4 is 5.32 Å². The monoisotopic (exact) mass is 304 g/mol. The highest BCUT2D eigenvalue weighted by Gasteiger charge is 2.04. The molecule has 1 atom stereocenters. The molecule has 94 valence electrons. The van der Waals surface area contributed by atoms with E-state index in [0.717, 1.165) is 11.0 Å². The van der Waals surface area contributed by atoms with Gasteiger partial charge in [0.1, 0.15) is 0 Å². The molecule has 2 nitrogen and oxygen atoms in total. The van der Waals surface area contributed by atoms with E-state index < -0.39 is 0 Å². The van der Waals surface area contributed by atoms with Gasteiger partial charge in [-0.25, -0.2) is 0 Å². The lowest BCUT2D eigenvalue weighted by Crippen LogP contribution is -2.18. The zero-order chi connectivity index (χ0) is 13.0. The van der Waals surface area contributed by atoms with Crippen molar-refractivity contribution in [3.63, 3.8) is 0 Å². The van der Waals surface area contributed by atoms with Crippen molar-refractivity contribution in [2.75, 3.05) is 0 Å². The molecule has 0 amide bonds. The Bertz CT molecular complexity index is 511. The van der Waals surface area contributed by atoms with Gasteiger partial charge in [-0.15, -0.1) is 0 Å². The van der Waals surface area contributed by atoms with Gasteiger partial charge in [0.15, 0.2) is 0 Å². The molecule has 1 N–H and O–H groups in total. The summed E-state index contributed by atoms with van der Waals surface area (Å²) >= 11 is 3.52. The van der Waals surface area contributed by atoms with Crippen LogP contribution in [-0.2, 0) is 6.54 Å². The Kier molecular flexibility index (Phi) is 4.50. The Balaban J connectivity index is 1.97. The normalized spacial score (nSPS) is 12.4. The molecule has 0 saturated heterocycles. The summed E-state index contributed by atoms with van der Waals surface area (Å²) in [5.41, 5.74) is 3.78. The standard InChI is InChI=1S/C15H17BrN2/c1-11-8-13(5-6-15(11)16)9-18-12(2)14-4-3-7-17-10-14/h3-8,10,12,18H,9H2,1-2H3. The average molecular weight is 305 g/mol. The molecule has 0 aliphatic rings. The van der Waals surface area contributed by atoms with Crippen LogP contribution >= 0.6 is 15.9 Å². The maximum absolute atomic E-state index is 4.14. The predicted octanol–water partition coefficient (Wildman–Crippen LogP) is 4.00. The van der Waals surface area contributed by atoms with Gasteiger partial charge in [0.2, 0.25) is 0 Å². The van der Waals surface area contributed by atoms with E-state index in [1.54, 1.807) is 6.20 Å². The lowest BCUT2D eigenvalue weighted by Gasteiger charge is -2.14. The molecule has 0 fully saturated rings. The summed E-state index contributed by atoms with van der Waals surface area (Å²) in [6.07, 6.45) is 3.71. The Hall–Kier alpha value is -1.19. The summed E-state index contributed by atoms with van der Waals surface area (Å²) in [6, 6.07) is 10.8. The van der Waals surface area contributed by atoms with Gasteiger partial charge in [-0.3, -0.25) is 4.98 Å². The fourth-order valence-electron chi connectivity index (χ4n) is 1.84. The molecule has 1 aromatic carbocycles. The number of rotatable bonds is 4. The maximum Gasteiger partial charge on any atom is 0.0315 e. The van der Waals surface area contributed by atoms with Crippen molar-refractivity contribution in [3.05, 3.63) is 63.9 Å². The van der Waals surface area contributed by atoms with Gasteiger partial charge in [-0.1, -0.05) is 34.1 Å². The summed E-state index contributed by atoms with van der Waals surface area (Å²) in [4.78, 5) is 4.14. The minimum atomic E-state index is 0.308. The Morgan fingerprint density at radius 1 is 1.33 bits per heavy atom. The van der Waals surface area contributed by atoms with Gasteiger partial charge in [0.25, 0.3) is 0 Å². The van der Waals surface area contributed by atoms with Crippen LogP contribution in [0.25, 0.3) is 0 Å². The largest absolute Gasteiger partial charge is 0.306 e. The fourth-order valence-corrected chi connectivity index (χ4v) is 2.08. The lowest BCUT2D eigenvalue weighted by atomic mass is 10.1. The number of aromatic nitrogens is 1. The lowest BCUT2D eigenvalue weighted by molar-refractivity contribution is 0.573. The molecule has 1 aromatic heterocycles. The molecule has 18 heavy (non-hydrogen) atoms. The Morgan fingerprint density at radius 2 is 2.17 bits per heavy atom. The number of aryl methyl sites for hydroxylation is 1. The van der Waals surface area contributed by atoms with Crippen LogP contribution in [-0.4, -0.2) is 4.98 Å². The third-order valence-electron chi connectivity index (χ3n) is 3.02. The van der Waals surface area contributed by atoms with E-state index in [0.29, 0.717) is 6.04 Å². The summed E-state index contributed by atoms with van der Waals surface area (Å²) in [6.45, 7) is 5.13. The third-order valence-corrected chi connectivity index (χ3v) is 3.91. The summed E-state index contributed by atoms with van der Waals surface area (Å²) in [5, 5.41) is 3.51. The minimum absolute atomic E-state index is 0.308. The van der Waals surface area contributed by atoms with Crippen molar-refractivity contribution in [1.29, 1.82) is 0 Å². The molecule has 0 saturated carbocycles. The SMILES string of the molecule is Cc1cc(CNC(C)c2cccnc2)ccc1Br. The number of pyridine rings is 1. The van der Waals surface area contributed by atoms with Crippen molar-refractivity contribution in [2.24, 2.45) is 0 Å². The van der Waals surface area contributed by atoms with E-state index in [1.165, 1.54) is 16.7 Å². The molecule has 1 heterocycles. The number of nitrogens with one attached hydrogen (secondary N) is 1. The maximum atomic E-state index is 4.14.